The Hall–Kier alpha value is -2.57. The quantitative estimate of drug-likeness (QED) is 0.809. The molecule has 4 N–H and O–H groups in total. The Morgan fingerprint density at radius 1 is 1.18 bits per heavy atom. The second-order valence-electron chi connectivity index (χ2n) is 5.48. The van der Waals surface area contributed by atoms with E-state index in [1.54, 1.807) is 0 Å². The molecule has 1 aromatic carbocycles. The third-order valence-electron chi connectivity index (χ3n) is 3.78. The summed E-state index contributed by atoms with van der Waals surface area (Å²) in [6, 6.07) is 9.39. The van der Waals surface area contributed by atoms with Crippen LogP contribution < -0.4 is 16.4 Å². The van der Waals surface area contributed by atoms with Gasteiger partial charge >= 0.3 is 6.03 Å². The summed E-state index contributed by atoms with van der Waals surface area (Å²) >= 11 is 0. The van der Waals surface area contributed by atoms with Crippen LogP contribution >= 0.6 is 0 Å². The SMILES string of the molecule is Nc1nc(Nc2ccccc2)n(C(=O)NC2CCCCC2)n1. The highest BCUT2D eigenvalue weighted by Gasteiger charge is 2.20. The highest BCUT2D eigenvalue weighted by molar-refractivity contribution is 5.80. The molecule has 0 unspecified atom stereocenters. The summed E-state index contributed by atoms with van der Waals surface area (Å²) in [6.45, 7) is 0. The maximum absolute atomic E-state index is 12.4. The number of carbonyl (C=O) groups excluding carboxylic acids is 1. The van der Waals surface area contributed by atoms with Crippen LogP contribution in [0.15, 0.2) is 30.3 Å². The minimum atomic E-state index is -0.297. The van der Waals surface area contributed by atoms with E-state index in [4.69, 9.17) is 5.73 Å². The van der Waals surface area contributed by atoms with Gasteiger partial charge in [0.1, 0.15) is 0 Å². The number of para-hydroxylation sites is 1. The molecule has 0 spiro atoms. The lowest BCUT2D eigenvalue weighted by molar-refractivity contribution is 0.232. The van der Waals surface area contributed by atoms with Gasteiger partial charge in [0.05, 0.1) is 0 Å². The van der Waals surface area contributed by atoms with Crippen molar-refractivity contribution in [3.8, 4) is 0 Å². The number of nitrogens with two attached hydrogens (primary N) is 1. The standard InChI is InChI=1S/C15H20N6O/c16-13-19-14(17-11-7-3-1-4-8-11)21(20-13)15(22)18-12-9-5-2-6-10-12/h1,3-4,7-8,12H,2,5-6,9-10H2,(H,18,22)(H3,16,17,19,20). The van der Waals surface area contributed by atoms with Crippen molar-refractivity contribution in [2.75, 3.05) is 11.1 Å². The number of anilines is 3. The van der Waals surface area contributed by atoms with Gasteiger partial charge in [-0.2, -0.15) is 4.98 Å². The van der Waals surface area contributed by atoms with Gasteiger partial charge in [-0.05, 0) is 25.0 Å². The van der Waals surface area contributed by atoms with Crippen LogP contribution in [0.25, 0.3) is 0 Å². The molecule has 7 nitrogen and oxygen atoms in total. The Morgan fingerprint density at radius 3 is 2.64 bits per heavy atom. The van der Waals surface area contributed by atoms with Crippen LogP contribution in [-0.2, 0) is 0 Å². The van der Waals surface area contributed by atoms with Gasteiger partial charge in [-0.25, -0.2) is 4.79 Å². The third kappa shape index (κ3) is 3.36. The third-order valence-corrected chi connectivity index (χ3v) is 3.78. The molecule has 1 aromatic heterocycles. The van der Waals surface area contributed by atoms with Crippen LogP contribution in [0.3, 0.4) is 0 Å². The fraction of sp³-hybridized carbons (Fsp3) is 0.400. The molecule has 1 aliphatic carbocycles. The van der Waals surface area contributed by atoms with Gasteiger partial charge in [0.2, 0.25) is 11.9 Å². The zero-order valence-electron chi connectivity index (χ0n) is 12.3. The summed E-state index contributed by atoms with van der Waals surface area (Å²) in [5.74, 6) is 0.384. The Bertz CT molecular complexity index is 633. The number of amides is 1. The summed E-state index contributed by atoms with van der Waals surface area (Å²) < 4.78 is 1.19. The zero-order chi connectivity index (χ0) is 15.4. The largest absolute Gasteiger partial charge is 0.366 e. The molecular weight excluding hydrogens is 280 g/mol. The number of nitrogens with one attached hydrogen (secondary N) is 2. The summed E-state index contributed by atoms with van der Waals surface area (Å²) in [6.07, 6.45) is 5.57. The van der Waals surface area contributed by atoms with Crippen LogP contribution in [0.2, 0.25) is 0 Å². The lowest BCUT2D eigenvalue weighted by Crippen LogP contribution is -2.39. The molecule has 3 rings (SSSR count). The summed E-state index contributed by atoms with van der Waals surface area (Å²) in [5.41, 5.74) is 6.46. The van der Waals surface area contributed by atoms with Gasteiger partial charge < -0.3 is 16.4 Å². The molecule has 0 aliphatic heterocycles. The number of benzene rings is 1. The average Bonchev–Trinajstić information content (AvgIpc) is 2.90. The maximum atomic E-state index is 12.4. The molecular formula is C15H20N6O. The molecule has 1 fully saturated rings. The monoisotopic (exact) mass is 300 g/mol. The highest BCUT2D eigenvalue weighted by Crippen LogP contribution is 2.19. The smallest absolute Gasteiger partial charge is 0.345 e. The van der Waals surface area contributed by atoms with Crippen molar-refractivity contribution < 1.29 is 4.79 Å². The molecule has 0 atom stereocenters. The van der Waals surface area contributed by atoms with Gasteiger partial charge in [0.15, 0.2) is 0 Å². The van der Waals surface area contributed by atoms with Crippen molar-refractivity contribution >= 4 is 23.6 Å². The van der Waals surface area contributed by atoms with Crippen molar-refractivity contribution in [2.45, 2.75) is 38.1 Å². The predicted molar refractivity (Wildman–Crippen MR) is 85.0 cm³/mol. The predicted octanol–water partition coefficient (Wildman–Crippen LogP) is 2.49. The lowest BCUT2D eigenvalue weighted by atomic mass is 9.96. The lowest BCUT2D eigenvalue weighted by Gasteiger charge is -2.22. The van der Waals surface area contributed by atoms with Gasteiger partial charge in [-0.1, -0.05) is 37.5 Å². The van der Waals surface area contributed by atoms with Crippen LogP contribution in [0.4, 0.5) is 22.4 Å². The van der Waals surface area contributed by atoms with E-state index in [1.165, 1.54) is 11.1 Å². The molecule has 1 heterocycles. The average molecular weight is 300 g/mol. The van der Waals surface area contributed by atoms with E-state index in [0.29, 0.717) is 5.95 Å². The first-order chi connectivity index (χ1) is 10.7. The van der Waals surface area contributed by atoms with E-state index in [0.717, 1.165) is 31.4 Å². The molecule has 2 aromatic rings. The first kappa shape index (κ1) is 14.4. The Morgan fingerprint density at radius 2 is 1.91 bits per heavy atom. The normalized spacial score (nSPS) is 15.5. The van der Waals surface area contributed by atoms with E-state index < -0.39 is 0 Å². The maximum Gasteiger partial charge on any atom is 0.345 e. The zero-order valence-corrected chi connectivity index (χ0v) is 12.3. The van der Waals surface area contributed by atoms with Crippen molar-refractivity contribution in [3.05, 3.63) is 30.3 Å². The van der Waals surface area contributed by atoms with Crippen LogP contribution in [0.5, 0.6) is 0 Å². The molecule has 1 aliphatic rings. The van der Waals surface area contributed by atoms with Crippen LogP contribution in [0.1, 0.15) is 32.1 Å². The van der Waals surface area contributed by atoms with E-state index in [-0.39, 0.29) is 18.0 Å². The number of nitrogens with zero attached hydrogens (tertiary/aromatic N) is 3. The summed E-state index contributed by atoms with van der Waals surface area (Å²) in [4.78, 5) is 16.5. The van der Waals surface area contributed by atoms with Crippen molar-refractivity contribution in [3.63, 3.8) is 0 Å². The summed E-state index contributed by atoms with van der Waals surface area (Å²) in [5, 5.41) is 10.0. The Kier molecular flexibility index (Phi) is 4.22. The highest BCUT2D eigenvalue weighted by atomic mass is 16.2. The Labute approximate surface area is 128 Å². The molecule has 116 valence electrons. The van der Waals surface area contributed by atoms with Gasteiger partial charge in [-0.15, -0.1) is 9.78 Å². The van der Waals surface area contributed by atoms with Gasteiger partial charge in [0.25, 0.3) is 0 Å². The molecule has 0 saturated heterocycles. The molecule has 1 saturated carbocycles. The first-order valence-corrected chi connectivity index (χ1v) is 7.58. The number of hydrogen-bond acceptors (Lipinski definition) is 5. The van der Waals surface area contributed by atoms with E-state index in [2.05, 4.69) is 20.7 Å². The van der Waals surface area contributed by atoms with Crippen molar-refractivity contribution in [2.24, 2.45) is 0 Å². The molecule has 0 radical (unpaired) electrons. The topological polar surface area (TPSA) is 97.9 Å². The molecule has 0 bridgehead atoms. The van der Waals surface area contributed by atoms with Crippen molar-refractivity contribution in [1.29, 1.82) is 0 Å². The van der Waals surface area contributed by atoms with Crippen molar-refractivity contribution in [1.82, 2.24) is 20.1 Å². The number of rotatable bonds is 3. The number of carbonyl (C=O) groups is 1. The second-order valence-corrected chi connectivity index (χ2v) is 5.48. The molecule has 22 heavy (non-hydrogen) atoms. The van der Waals surface area contributed by atoms with Gasteiger partial charge in [-0.3, -0.25) is 0 Å². The second kappa shape index (κ2) is 6.46. The van der Waals surface area contributed by atoms with Crippen LogP contribution in [-0.4, -0.2) is 26.8 Å². The van der Waals surface area contributed by atoms with Gasteiger partial charge in [0, 0.05) is 11.7 Å². The minimum absolute atomic E-state index is 0.0669. The first-order valence-electron chi connectivity index (χ1n) is 7.58. The summed E-state index contributed by atoms with van der Waals surface area (Å²) in [7, 11) is 0. The minimum Gasteiger partial charge on any atom is -0.366 e. The fourth-order valence-electron chi connectivity index (χ4n) is 2.68. The Balaban J connectivity index is 1.73. The van der Waals surface area contributed by atoms with E-state index >= 15 is 0 Å². The molecule has 1 amide bonds. The van der Waals surface area contributed by atoms with Crippen LogP contribution in [0, 0.1) is 0 Å². The van der Waals surface area contributed by atoms with E-state index in [1.807, 2.05) is 30.3 Å². The number of hydrogen-bond donors (Lipinski definition) is 3. The van der Waals surface area contributed by atoms with E-state index in [9.17, 15) is 4.79 Å². The fourth-order valence-corrected chi connectivity index (χ4v) is 2.68. The molecule has 7 heteroatoms. The number of aromatic nitrogens is 3. The number of nitrogen functional groups attached to an aromatic ring is 1.